The molecule has 0 unspecified atom stereocenters. The smallest absolute Gasteiger partial charge is 0.339 e. The molecule has 0 radical (unpaired) electrons. The van der Waals surface area contributed by atoms with Crippen molar-refractivity contribution in [3.8, 4) is 0 Å². The lowest BCUT2D eigenvalue weighted by atomic mass is 10.2. The second kappa shape index (κ2) is 9.59. The van der Waals surface area contributed by atoms with E-state index in [1.165, 1.54) is 14.1 Å². The number of likely N-dealkylation sites (N-methyl/N-ethyl adjacent to an activating group) is 2. The Labute approximate surface area is 152 Å². The second-order valence-corrected chi connectivity index (χ2v) is 5.68. The minimum absolute atomic E-state index is 0.119. The van der Waals surface area contributed by atoms with E-state index < -0.39 is 24.5 Å². The number of nitrogens with zero attached hydrogens (tertiary/aromatic N) is 2. The fourth-order valence-corrected chi connectivity index (χ4v) is 2.27. The Kier molecular flexibility index (Phi) is 7.82. The quantitative estimate of drug-likeness (QED) is 0.650. The molecule has 2 amide bonds. The minimum atomic E-state index is -0.621. The van der Waals surface area contributed by atoms with Crippen molar-refractivity contribution in [2.24, 2.45) is 0 Å². The molecular weight excluding hydrogens is 342 g/mol. The van der Waals surface area contributed by atoms with Gasteiger partial charge < -0.3 is 24.3 Å². The largest absolute Gasteiger partial charge is 0.462 e. The molecular formula is C17H25N3O6. The molecule has 0 atom stereocenters. The topological polar surface area (TPSA) is 107 Å². The van der Waals surface area contributed by atoms with Crippen molar-refractivity contribution in [1.29, 1.82) is 0 Å². The normalized spacial score (nSPS) is 10.2. The number of esters is 2. The highest BCUT2D eigenvalue weighted by Crippen LogP contribution is 2.16. The van der Waals surface area contributed by atoms with E-state index in [-0.39, 0.29) is 25.6 Å². The maximum absolute atomic E-state index is 12.0. The van der Waals surface area contributed by atoms with E-state index in [0.29, 0.717) is 17.0 Å². The number of carbonyl (C=O) groups is 4. The lowest BCUT2D eigenvalue weighted by molar-refractivity contribution is -0.152. The van der Waals surface area contributed by atoms with Crippen LogP contribution in [0.3, 0.4) is 0 Å². The van der Waals surface area contributed by atoms with E-state index >= 15 is 0 Å². The summed E-state index contributed by atoms with van der Waals surface area (Å²) in [6.07, 6.45) is 0. The predicted octanol–water partition coefficient (Wildman–Crippen LogP) is 0.0292. The Morgan fingerprint density at radius 3 is 2.42 bits per heavy atom. The van der Waals surface area contributed by atoms with E-state index in [2.05, 4.69) is 5.32 Å². The number of ether oxygens (including phenoxy) is 2. The van der Waals surface area contributed by atoms with Gasteiger partial charge in [0.2, 0.25) is 5.91 Å². The summed E-state index contributed by atoms with van der Waals surface area (Å²) in [4.78, 5) is 48.1. The first kappa shape index (κ1) is 21.2. The number of hydrogen-bond acceptors (Lipinski definition) is 6. The fraction of sp³-hybridized carbons (Fsp3) is 0.529. The summed E-state index contributed by atoms with van der Waals surface area (Å²) in [5.74, 6) is -1.89. The van der Waals surface area contributed by atoms with Gasteiger partial charge in [-0.25, -0.2) is 4.79 Å². The average Bonchev–Trinajstić information content (AvgIpc) is 2.87. The van der Waals surface area contributed by atoms with Gasteiger partial charge >= 0.3 is 11.9 Å². The Morgan fingerprint density at radius 1 is 1.19 bits per heavy atom. The standard InChI is InChI=1S/C17H25N3O6/c1-6-25-17(24)13-7-11(2)20(12(13)3)9-16(23)26-10-15(22)19(5)8-14(21)18-4/h7H,6,8-10H2,1-5H3,(H,18,21). The van der Waals surface area contributed by atoms with Crippen LogP contribution in [0.1, 0.15) is 28.7 Å². The van der Waals surface area contributed by atoms with E-state index in [9.17, 15) is 19.2 Å². The van der Waals surface area contributed by atoms with Crippen LogP contribution >= 0.6 is 0 Å². The van der Waals surface area contributed by atoms with Crippen LogP contribution in [0.15, 0.2) is 6.07 Å². The van der Waals surface area contributed by atoms with E-state index in [1.807, 2.05) is 0 Å². The zero-order chi connectivity index (χ0) is 19.9. The molecule has 9 heteroatoms. The van der Waals surface area contributed by atoms with Crippen molar-refractivity contribution >= 4 is 23.8 Å². The lowest BCUT2D eigenvalue weighted by Crippen LogP contribution is -2.39. The average molecular weight is 367 g/mol. The van der Waals surface area contributed by atoms with Crippen molar-refractivity contribution < 1.29 is 28.7 Å². The number of amides is 2. The van der Waals surface area contributed by atoms with Gasteiger partial charge in [0.15, 0.2) is 6.61 Å². The summed E-state index contributed by atoms with van der Waals surface area (Å²) in [6.45, 7) is 4.72. The molecule has 1 rings (SSSR count). The Bertz CT molecular complexity index is 695. The highest BCUT2D eigenvalue weighted by atomic mass is 16.5. The molecule has 0 saturated carbocycles. The first-order valence-corrected chi connectivity index (χ1v) is 8.15. The van der Waals surface area contributed by atoms with Crippen molar-refractivity contribution in [3.05, 3.63) is 23.0 Å². The van der Waals surface area contributed by atoms with Crippen LogP contribution in [0.5, 0.6) is 0 Å². The van der Waals surface area contributed by atoms with Crippen molar-refractivity contribution in [1.82, 2.24) is 14.8 Å². The molecule has 0 aliphatic heterocycles. The van der Waals surface area contributed by atoms with Crippen LogP contribution in [0, 0.1) is 13.8 Å². The Balaban J connectivity index is 2.65. The Hall–Kier alpha value is -2.84. The maximum atomic E-state index is 12.0. The molecule has 1 N–H and O–H groups in total. The summed E-state index contributed by atoms with van der Waals surface area (Å²) in [7, 11) is 2.91. The number of aromatic nitrogens is 1. The van der Waals surface area contributed by atoms with Crippen LogP contribution in [-0.4, -0.2) is 67.1 Å². The number of hydrogen-bond donors (Lipinski definition) is 1. The molecule has 1 aromatic rings. The first-order chi connectivity index (χ1) is 12.2. The maximum Gasteiger partial charge on any atom is 0.339 e. The summed E-state index contributed by atoms with van der Waals surface area (Å²) < 4.78 is 11.6. The molecule has 0 bridgehead atoms. The fourth-order valence-electron chi connectivity index (χ4n) is 2.27. The van der Waals surface area contributed by atoms with E-state index in [0.717, 1.165) is 4.90 Å². The van der Waals surface area contributed by atoms with Gasteiger partial charge in [-0.15, -0.1) is 0 Å². The van der Waals surface area contributed by atoms with Crippen molar-refractivity contribution in [2.45, 2.75) is 27.3 Å². The van der Waals surface area contributed by atoms with Gasteiger partial charge in [0.1, 0.15) is 6.54 Å². The molecule has 1 aromatic heterocycles. The van der Waals surface area contributed by atoms with E-state index in [4.69, 9.17) is 9.47 Å². The van der Waals surface area contributed by atoms with Crippen LogP contribution in [0.4, 0.5) is 0 Å². The zero-order valence-electron chi connectivity index (χ0n) is 15.7. The summed E-state index contributed by atoms with van der Waals surface area (Å²) in [5, 5.41) is 2.40. The zero-order valence-corrected chi connectivity index (χ0v) is 15.7. The molecule has 0 fully saturated rings. The second-order valence-electron chi connectivity index (χ2n) is 5.68. The van der Waals surface area contributed by atoms with Gasteiger partial charge in [-0.2, -0.15) is 0 Å². The van der Waals surface area contributed by atoms with Crippen LogP contribution < -0.4 is 5.32 Å². The summed E-state index contributed by atoms with van der Waals surface area (Å²) in [6, 6.07) is 1.64. The van der Waals surface area contributed by atoms with Gasteiger partial charge in [-0.3, -0.25) is 14.4 Å². The van der Waals surface area contributed by atoms with E-state index in [1.54, 1.807) is 31.4 Å². The molecule has 0 saturated heterocycles. The highest BCUT2D eigenvalue weighted by molar-refractivity contribution is 5.91. The van der Waals surface area contributed by atoms with Crippen LogP contribution in [0.2, 0.25) is 0 Å². The summed E-state index contributed by atoms with van der Waals surface area (Å²) >= 11 is 0. The molecule has 0 aliphatic carbocycles. The lowest BCUT2D eigenvalue weighted by Gasteiger charge is -2.16. The van der Waals surface area contributed by atoms with Gasteiger partial charge in [-0.1, -0.05) is 0 Å². The highest BCUT2D eigenvalue weighted by Gasteiger charge is 2.19. The van der Waals surface area contributed by atoms with Crippen molar-refractivity contribution in [2.75, 3.05) is 33.9 Å². The van der Waals surface area contributed by atoms with Gasteiger partial charge in [0.25, 0.3) is 5.91 Å². The number of aryl methyl sites for hydroxylation is 1. The molecule has 0 aromatic carbocycles. The third-order valence-electron chi connectivity index (χ3n) is 3.80. The van der Waals surface area contributed by atoms with Gasteiger partial charge in [0, 0.05) is 25.5 Å². The molecule has 0 spiro atoms. The van der Waals surface area contributed by atoms with Gasteiger partial charge in [0.05, 0.1) is 18.7 Å². The monoisotopic (exact) mass is 367 g/mol. The number of carbonyl (C=O) groups excluding carboxylic acids is 4. The number of rotatable bonds is 8. The SMILES string of the molecule is CCOC(=O)c1cc(C)n(CC(=O)OCC(=O)N(C)CC(=O)NC)c1C. The third kappa shape index (κ3) is 5.61. The molecule has 0 aliphatic rings. The molecule has 1 heterocycles. The predicted molar refractivity (Wildman–Crippen MR) is 92.5 cm³/mol. The van der Waals surface area contributed by atoms with Crippen LogP contribution in [-0.2, 0) is 30.4 Å². The Morgan fingerprint density at radius 2 is 1.85 bits per heavy atom. The molecule has 144 valence electrons. The molecule has 9 nitrogen and oxygen atoms in total. The van der Waals surface area contributed by atoms with Crippen molar-refractivity contribution in [3.63, 3.8) is 0 Å². The molecule has 26 heavy (non-hydrogen) atoms. The number of nitrogens with one attached hydrogen (secondary N) is 1. The first-order valence-electron chi connectivity index (χ1n) is 8.15. The summed E-state index contributed by atoms with van der Waals surface area (Å²) in [5.41, 5.74) is 1.67. The van der Waals surface area contributed by atoms with Gasteiger partial charge in [-0.05, 0) is 26.8 Å². The third-order valence-corrected chi connectivity index (χ3v) is 3.80. The van der Waals surface area contributed by atoms with Crippen LogP contribution in [0.25, 0.3) is 0 Å². The minimum Gasteiger partial charge on any atom is -0.462 e.